The van der Waals surface area contributed by atoms with Crippen LogP contribution in [0.4, 0.5) is 0 Å². The number of likely N-dealkylation sites (tertiary alicyclic amines) is 1. The monoisotopic (exact) mass is 786 g/mol. The van der Waals surface area contributed by atoms with E-state index in [2.05, 4.69) is 36.5 Å². The molecule has 6 atom stereocenters. The third-order valence-electron chi connectivity index (χ3n) is 10.9. The van der Waals surface area contributed by atoms with Gasteiger partial charge in [0.25, 0.3) is 5.91 Å². The van der Waals surface area contributed by atoms with E-state index in [4.69, 9.17) is 4.74 Å². The Labute approximate surface area is 331 Å². The number of aromatic amines is 1. The molecule has 2 saturated heterocycles. The Kier molecular flexibility index (Phi) is 13.8. The van der Waals surface area contributed by atoms with Gasteiger partial charge in [0.05, 0.1) is 6.10 Å². The molecule has 0 saturated carbocycles. The Morgan fingerprint density at radius 2 is 1.70 bits per heavy atom. The van der Waals surface area contributed by atoms with Crippen LogP contribution in [-0.4, -0.2) is 131 Å². The van der Waals surface area contributed by atoms with Crippen molar-refractivity contribution in [3.63, 3.8) is 0 Å². The molecule has 57 heavy (non-hydrogen) atoms. The number of amides is 6. The van der Waals surface area contributed by atoms with Crippen LogP contribution in [0.15, 0.2) is 54.7 Å². The Balaban J connectivity index is 1.28. The van der Waals surface area contributed by atoms with E-state index in [-0.39, 0.29) is 38.3 Å². The fraction of sp³-hybridized carbons (Fsp3) is 0.512. The highest BCUT2D eigenvalue weighted by Crippen LogP contribution is 2.24. The van der Waals surface area contributed by atoms with Gasteiger partial charge >= 0.3 is 0 Å². The molecule has 1 aromatic heterocycles. The molecule has 306 valence electrons. The average molecular weight is 787 g/mol. The number of H-pyrrole nitrogens is 1. The summed E-state index contributed by atoms with van der Waals surface area (Å²) in [4.78, 5) is 88.7. The number of piperidine rings is 1. The van der Waals surface area contributed by atoms with Crippen LogP contribution in [0.2, 0.25) is 0 Å². The van der Waals surface area contributed by atoms with Gasteiger partial charge in [0.15, 0.2) is 6.61 Å². The zero-order chi connectivity index (χ0) is 40.5. The molecule has 0 radical (unpaired) electrons. The van der Waals surface area contributed by atoms with E-state index in [0.29, 0.717) is 18.7 Å². The lowest BCUT2D eigenvalue weighted by atomic mass is 10.0. The first kappa shape index (κ1) is 41.2. The summed E-state index contributed by atoms with van der Waals surface area (Å²) < 4.78 is 5.79. The van der Waals surface area contributed by atoms with Crippen molar-refractivity contribution in [1.82, 2.24) is 41.4 Å². The third-order valence-corrected chi connectivity index (χ3v) is 10.9. The number of para-hydroxylation sites is 1. The third kappa shape index (κ3) is 10.9. The lowest BCUT2D eigenvalue weighted by Crippen LogP contribution is -2.60. The smallest absolute Gasteiger partial charge is 0.258 e. The molecule has 6 amide bonds. The van der Waals surface area contributed by atoms with E-state index in [1.54, 1.807) is 18.3 Å². The standard InChI is InChI=1S/C41H54N8O8/c1-25-38(53)42-16-14-27-10-12-30(13-11-27)57-24-36(52)46-33(20-28-22-43-32-9-5-4-8-31(28)32)41(56)49-23-29(45-35(51)15-19-48-17-6-3-7-18-48)21-34(49)39(54)47-37(26(2)50)40(55)44-25/h4-5,8-13,22,25-26,29,33-34,37,43,50H,3,6-7,14-21,23-24H2,1-2H3,(H,42,53)(H,44,55)(H,45,51)(H,46,52)(H,47,54)/t25-,26+,29-,33+,34-,37-/m0/s1. The summed E-state index contributed by atoms with van der Waals surface area (Å²) in [6.45, 7) is 5.13. The van der Waals surface area contributed by atoms with Crippen molar-refractivity contribution in [1.29, 1.82) is 0 Å². The van der Waals surface area contributed by atoms with E-state index in [1.165, 1.54) is 25.2 Å². The van der Waals surface area contributed by atoms with Gasteiger partial charge in [0.2, 0.25) is 29.5 Å². The summed E-state index contributed by atoms with van der Waals surface area (Å²) in [6.07, 6.45) is 4.57. The first-order chi connectivity index (χ1) is 27.4. The number of carbonyl (C=O) groups is 6. The molecule has 7 rings (SSSR count). The summed E-state index contributed by atoms with van der Waals surface area (Å²) in [5, 5.41) is 25.3. The zero-order valence-electron chi connectivity index (χ0n) is 32.6. The number of aromatic nitrogens is 1. The maximum atomic E-state index is 14.7. The van der Waals surface area contributed by atoms with Gasteiger partial charge in [-0.25, -0.2) is 0 Å². The second-order valence-corrected chi connectivity index (χ2v) is 15.3. The SMILES string of the molecule is C[C@@H]1NC(=O)[C@H]([C@@H](C)O)NC(=O)[C@@H]2C[C@H](NC(=O)CCN3CCCCC3)CN2C(=O)[C@@H](Cc2c[nH]c3ccccc23)NC(=O)COc2ccc(cc2)CCNC1=O. The van der Waals surface area contributed by atoms with E-state index >= 15 is 0 Å². The highest BCUT2D eigenvalue weighted by atomic mass is 16.5. The summed E-state index contributed by atoms with van der Waals surface area (Å²) in [7, 11) is 0. The molecule has 16 nitrogen and oxygen atoms in total. The molecular formula is C41H54N8O8. The van der Waals surface area contributed by atoms with Gasteiger partial charge in [-0.2, -0.15) is 0 Å². The lowest BCUT2D eigenvalue weighted by molar-refractivity contribution is -0.143. The van der Waals surface area contributed by atoms with Crippen molar-refractivity contribution < 1.29 is 38.6 Å². The Hall–Kier alpha value is -5.48. The van der Waals surface area contributed by atoms with E-state index < -0.39 is 72.5 Å². The Morgan fingerprint density at radius 3 is 2.46 bits per heavy atom. The molecule has 2 aromatic carbocycles. The Morgan fingerprint density at radius 1 is 0.947 bits per heavy atom. The summed E-state index contributed by atoms with van der Waals surface area (Å²) in [5.74, 6) is -2.92. The van der Waals surface area contributed by atoms with Gasteiger partial charge in [0, 0.05) is 55.6 Å². The number of aliphatic hydroxyl groups is 1. The molecule has 4 aliphatic heterocycles. The van der Waals surface area contributed by atoms with Gasteiger partial charge in [-0.1, -0.05) is 36.8 Å². The van der Waals surface area contributed by atoms with Crippen molar-refractivity contribution in [2.24, 2.45) is 0 Å². The van der Waals surface area contributed by atoms with Crippen LogP contribution in [0.1, 0.15) is 57.1 Å². The van der Waals surface area contributed by atoms with Crippen LogP contribution in [0.5, 0.6) is 5.75 Å². The van der Waals surface area contributed by atoms with E-state index in [9.17, 15) is 33.9 Å². The van der Waals surface area contributed by atoms with Gasteiger partial charge in [0.1, 0.15) is 29.9 Å². The van der Waals surface area contributed by atoms with Crippen molar-refractivity contribution in [3.05, 3.63) is 65.9 Å². The predicted octanol–water partition coefficient (Wildman–Crippen LogP) is 0.279. The number of rotatable bonds is 7. The Bertz CT molecular complexity index is 1910. The van der Waals surface area contributed by atoms with Crippen LogP contribution in [-0.2, 0) is 41.6 Å². The van der Waals surface area contributed by atoms with Crippen LogP contribution < -0.4 is 31.3 Å². The normalized spacial score (nSPS) is 25.2. The van der Waals surface area contributed by atoms with Gasteiger partial charge in [-0.3, -0.25) is 28.8 Å². The summed E-state index contributed by atoms with van der Waals surface area (Å²) in [6, 6.07) is 9.17. The molecular weight excluding hydrogens is 732 g/mol. The number of fused-ring (bicyclic) bond motifs is 17. The maximum absolute atomic E-state index is 14.7. The number of hydrogen-bond donors (Lipinski definition) is 7. The van der Waals surface area contributed by atoms with Crippen LogP contribution in [0.3, 0.4) is 0 Å². The van der Waals surface area contributed by atoms with Gasteiger partial charge < -0.3 is 51.2 Å². The molecule has 0 unspecified atom stereocenters. The first-order valence-electron chi connectivity index (χ1n) is 19.9. The van der Waals surface area contributed by atoms with Gasteiger partial charge in [-0.15, -0.1) is 0 Å². The molecule has 2 bridgehead atoms. The number of carbonyl (C=O) groups excluding carboxylic acids is 6. The van der Waals surface area contributed by atoms with E-state index in [1.807, 2.05) is 36.4 Å². The number of nitrogens with zero attached hydrogens (tertiary/aromatic N) is 2. The fourth-order valence-electron chi connectivity index (χ4n) is 7.74. The average Bonchev–Trinajstić information content (AvgIpc) is 3.82. The largest absolute Gasteiger partial charge is 0.484 e. The van der Waals surface area contributed by atoms with Crippen LogP contribution in [0, 0.1) is 0 Å². The zero-order valence-corrected chi connectivity index (χ0v) is 32.6. The molecule has 3 aromatic rings. The summed E-state index contributed by atoms with van der Waals surface area (Å²) >= 11 is 0. The number of benzene rings is 2. The van der Waals surface area contributed by atoms with Crippen molar-refractivity contribution in [3.8, 4) is 5.75 Å². The second-order valence-electron chi connectivity index (χ2n) is 15.3. The minimum atomic E-state index is -1.47. The molecule has 7 N–H and O–H groups in total. The topological polar surface area (TPSA) is 214 Å². The van der Waals surface area contributed by atoms with Crippen molar-refractivity contribution in [2.45, 2.75) is 95.1 Å². The highest BCUT2D eigenvalue weighted by Gasteiger charge is 2.44. The number of ether oxygens (including phenoxy) is 1. The predicted molar refractivity (Wildman–Crippen MR) is 211 cm³/mol. The second kappa shape index (κ2) is 19.1. The van der Waals surface area contributed by atoms with Crippen molar-refractivity contribution in [2.75, 3.05) is 39.3 Å². The van der Waals surface area contributed by atoms with Crippen LogP contribution in [0.25, 0.3) is 10.9 Å². The maximum Gasteiger partial charge on any atom is 0.258 e. The number of nitrogens with one attached hydrogen (secondary N) is 6. The molecule has 0 aliphatic carbocycles. The molecule has 2 fully saturated rings. The van der Waals surface area contributed by atoms with Gasteiger partial charge in [-0.05, 0) is 81.9 Å². The molecule has 5 heterocycles. The van der Waals surface area contributed by atoms with Crippen LogP contribution >= 0.6 is 0 Å². The quantitative estimate of drug-likeness (QED) is 0.164. The highest BCUT2D eigenvalue weighted by molar-refractivity contribution is 5.97. The molecule has 0 spiro atoms. The minimum absolute atomic E-state index is 0.0207. The van der Waals surface area contributed by atoms with Crippen molar-refractivity contribution >= 4 is 46.3 Å². The summed E-state index contributed by atoms with van der Waals surface area (Å²) in [5.41, 5.74) is 2.49. The fourth-order valence-corrected chi connectivity index (χ4v) is 7.74. The number of hydrogen-bond acceptors (Lipinski definition) is 9. The minimum Gasteiger partial charge on any atom is -0.484 e. The first-order valence-corrected chi connectivity index (χ1v) is 19.9. The van der Waals surface area contributed by atoms with E-state index in [0.717, 1.165) is 48.0 Å². The molecule has 16 heteroatoms. The molecule has 4 aliphatic rings. The lowest BCUT2D eigenvalue weighted by Gasteiger charge is -2.30. The number of aliphatic hydroxyl groups excluding tert-OH is 1.